The molecule has 0 heterocycles. The molecule has 0 aliphatic carbocycles. The van der Waals surface area contributed by atoms with Crippen LogP contribution in [0, 0.1) is 0 Å². The van der Waals surface area contributed by atoms with Gasteiger partial charge in [-0.15, -0.1) is 0 Å². The van der Waals surface area contributed by atoms with Crippen molar-refractivity contribution < 1.29 is 14.3 Å². The van der Waals surface area contributed by atoms with Gasteiger partial charge < -0.3 is 14.8 Å². The van der Waals surface area contributed by atoms with Crippen LogP contribution in [0.2, 0.25) is 0 Å². The third-order valence-corrected chi connectivity index (χ3v) is 3.53. The molecule has 116 valence electrons. The molecule has 0 aliphatic rings. The zero-order valence-corrected chi connectivity index (χ0v) is 13.9. The zero-order chi connectivity index (χ0) is 15.8. The standard InChI is InChI=1S/C17H18BrNO3/c1-21-15-10-6-14(7-11-15)19-17(20)3-2-12-22-16-8-4-13(18)5-9-16/h4-11H,2-3,12H2,1H3,(H,19,20). The zero-order valence-electron chi connectivity index (χ0n) is 12.3. The average Bonchev–Trinajstić information content (AvgIpc) is 2.54. The summed E-state index contributed by atoms with van der Waals surface area (Å²) in [6.45, 7) is 0.512. The van der Waals surface area contributed by atoms with Crippen LogP contribution >= 0.6 is 15.9 Å². The van der Waals surface area contributed by atoms with Gasteiger partial charge in [0.2, 0.25) is 5.91 Å². The lowest BCUT2D eigenvalue weighted by atomic mass is 10.2. The maximum Gasteiger partial charge on any atom is 0.224 e. The van der Waals surface area contributed by atoms with Crippen molar-refractivity contribution >= 4 is 27.5 Å². The number of hydrogen-bond acceptors (Lipinski definition) is 3. The lowest BCUT2D eigenvalue weighted by molar-refractivity contribution is -0.116. The van der Waals surface area contributed by atoms with E-state index in [0.29, 0.717) is 19.4 Å². The Hall–Kier alpha value is -2.01. The SMILES string of the molecule is COc1ccc(NC(=O)CCCOc2ccc(Br)cc2)cc1. The van der Waals surface area contributed by atoms with Crippen molar-refractivity contribution in [3.63, 3.8) is 0 Å². The molecule has 0 saturated heterocycles. The van der Waals surface area contributed by atoms with Crippen LogP contribution in [-0.4, -0.2) is 19.6 Å². The van der Waals surface area contributed by atoms with Gasteiger partial charge in [-0.25, -0.2) is 0 Å². The number of hydrogen-bond donors (Lipinski definition) is 1. The first-order valence-electron chi connectivity index (χ1n) is 6.99. The summed E-state index contributed by atoms with van der Waals surface area (Å²) >= 11 is 3.37. The highest BCUT2D eigenvalue weighted by atomic mass is 79.9. The Labute approximate surface area is 138 Å². The first kappa shape index (κ1) is 16.4. The van der Waals surface area contributed by atoms with Gasteiger partial charge in [-0.3, -0.25) is 4.79 Å². The third kappa shape index (κ3) is 5.41. The van der Waals surface area contributed by atoms with Crippen LogP contribution in [0.5, 0.6) is 11.5 Å². The van der Waals surface area contributed by atoms with E-state index in [1.54, 1.807) is 7.11 Å². The second kappa shape index (κ2) is 8.44. The highest BCUT2D eigenvalue weighted by Gasteiger charge is 2.03. The minimum atomic E-state index is -0.0235. The summed E-state index contributed by atoms with van der Waals surface area (Å²) in [4.78, 5) is 11.8. The molecule has 1 N–H and O–H groups in total. The maximum atomic E-state index is 11.8. The Bertz CT molecular complexity index is 596. The highest BCUT2D eigenvalue weighted by Crippen LogP contribution is 2.17. The second-order valence-corrected chi connectivity index (χ2v) is 5.60. The molecule has 0 fully saturated rings. The van der Waals surface area contributed by atoms with Gasteiger partial charge in [0.1, 0.15) is 11.5 Å². The summed E-state index contributed by atoms with van der Waals surface area (Å²) in [6.07, 6.45) is 1.08. The van der Waals surface area contributed by atoms with E-state index in [1.165, 1.54) is 0 Å². The molecular formula is C17H18BrNO3. The number of benzene rings is 2. The molecular weight excluding hydrogens is 346 g/mol. The van der Waals surface area contributed by atoms with Crippen LogP contribution in [-0.2, 0) is 4.79 Å². The van der Waals surface area contributed by atoms with Gasteiger partial charge in [-0.2, -0.15) is 0 Å². The molecule has 0 spiro atoms. The number of ether oxygens (including phenoxy) is 2. The van der Waals surface area contributed by atoms with Gasteiger partial charge in [0, 0.05) is 16.6 Å². The van der Waals surface area contributed by atoms with Gasteiger partial charge in [0.25, 0.3) is 0 Å². The summed E-state index contributed by atoms with van der Waals surface area (Å²) in [5.41, 5.74) is 0.764. The first-order valence-corrected chi connectivity index (χ1v) is 7.79. The molecule has 0 aliphatic heterocycles. The maximum absolute atomic E-state index is 11.8. The second-order valence-electron chi connectivity index (χ2n) is 4.68. The van der Waals surface area contributed by atoms with Gasteiger partial charge >= 0.3 is 0 Å². The van der Waals surface area contributed by atoms with E-state index >= 15 is 0 Å². The van der Waals surface area contributed by atoms with E-state index in [1.807, 2.05) is 48.5 Å². The predicted molar refractivity (Wildman–Crippen MR) is 90.5 cm³/mol. The fourth-order valence-electron chi connectivity index (χ4n) is 1.85. The fraction of sp³-hybridized carbons (Fsp3) is 0.235. The Morgan fingerprint density at radius 2 is 1.68 bits per heavy atom. The van der Waals surface area contributed by atoms with Crippen LogP contribution in [0.15, 0.2) is 53.0 Å². The lowest BCUT2D eigenvalue weighted by Crippen LogP contribution is -2.12. The number of amides is 1. The molecule has 4 nitrogen and oxygen atoms in total. The van der Waals surface area contributed by atoms with Crippen molar-refractivity contribution in [2.75, 3.05) is 19.0 Å². The Morgan fingerprint density at radius 3 is 2.32 bits per heavy atom. The molecule has 0 aromatic heterocycles. The van der Waals surface area contributed by atoms with E-state index in [0.717, 1.165) is 21.7 Å². The van der Waals surface area contributed by atoms with Crippen LogP contribution in [0.25, 0.3) is 0 Å². The molecule has 2 aromatic carbocycles. The molecule has 0 unspecified atom stereocenters. The van der Waals surface area contributed by atoms with Gasteiger partial charge in [-0.1, -0.05) is 15.9 Å². The largest absolute Gasteiger partial charge is 0.497 e. The fourth-order valence-corrected chi connectivity index (χ4v) is 2.12. The molecule has 0 atom stereocenters. The van der Waals surface area contributed by atoms with Crippen molar-refractivity contribution in [3.8, 4) is 11.5 Å². The van der Waals surface area contributed by atoms with Crippen molar-refractivity contribution in [1.29, 1.82) is 0 Å². The minimum absolute atomic E-state index is 0.0235. The van der Waals surface area contributed by atoms with Gasteiger partial charge in [-0.05, 0) is 55.0 Å². The summed E-state index contributed by atoms with van der Waals surface area (Å²) in [7, 11) is 1.61. The van der Waals surface area contributed by atoms with Crippen molar-refractivity contribution in [2.24, 2.45) is 0 Å². The quantitative estimate of drug-likeness (QED) is 0.747. The van der Waals surface area contributed by atoms with Crippen molar-refractivity contribution in [3.05, 3.63) is 53.0 Å². The van der Waals surface area contributed by atoms with Crippen LogP contribution in [0.4, 0.5) is 5.69 Å². The number of rotatable bonds is 7. The number of halogens is 1. The number of nitrogens with one attached hydrogen (secondary N) is 1. The monoisotopic (exact) mass is 363 g/mol. The number of methoxy groups -OCH3 is 1. The van der Waals surface area contributed by atoms with Gasteiger partial charge in [0.05, 0.1) is 13.7 Å². The molecule has 2 aromatic rings. The Kier molecular flexibility index (Phi) is 6.27. The lowest BCUT2D eigenvalue weighted by Gasteiger charge is -2.08. The smallest absolute Gasteiger partial charge is 0.224 e. The Balaban J connectivity index is 1.67. The summed E-state index contributed by atoms with van der Waals surface area (Å²) in [5, 5.41) is 2.84. The number of anilines is 1. The van der Waals surface area contributed by atoms with E-state index in [-0.39, 0.29) is 5.91 Å². The van der Waals surface area contributed by atoms with E-state index in [9.17, 15) is 4.79 Å². The average molecular weight is 364 g/mol. The Morgan fingerprint density at radius 1 is 1.05 bits per heavy atom. The molecule has 5 heteroatoms. The van der Waals surface area contributed by atoms with E-state index in [4.69, 9.17) is 9.47 Å². The first-order chi connectivity index (χ1) is 10.7. The van der Waals surface area contributed by atoms with Crippen molar-refractivity contribution in [1.82, 2.24) is 0 Å². The predicted octanol–water partition coefficient (Wildman–Crippen LogP) is 4.26. The van der Waals surface area contributed by atoms with Crippen LogP contribution in [0.1, 0.15) is 12.8 Å². The molecule has 0 saturated carbocycles. The molecule has 0 bridgehead atoms. The van der Waals surface area contributed by atoms with Crippen LogP contribution in [0.3, 0.4) is 0 Å². The molecule has 0 radical (unpaired) electrons. The minimum Gasteiger partial charge on any atom is -0.497 e. The molecule has 2 rings (SSSR count). The topological polar surface area (TPSA) is 47.6 Å². The van der Waals surface area contributed by atoms with Gasteiger partial charge in [0.15, 0.2) is 0 Å². The molecule has 22 heavy (non-hydrogen) atoms. The number of carbonyl (C=O) groups is 1. The highest BCUT2D eigenvalue weighted by molar-refractivity contribution is 9.10. The summed E-state index contributed by atoms with van der Waals surface area (Å²) < 4.78 is 11.7. The van der Waals surface area contributed by atoms with Crippen molar-refractivity contribution in [2.45, 2.75) is 12.8 Å². The van der Waals surface area contributed by atoms with E-state index in [2.05, 4.69) is 21.2 Å². The molecule has 1 amide bonds. The van der Waals surface area contributed by atoms with Crippen LogP contribution < -0.4 is 14.8 Å². The number of carbonyl (C=O) groups excluding carboxylic acids is 1. The summed E-state index contributed by atoms with van der Waals surface area (Å²) in [5.74, 6) is 1.55. The third-order valence-electron chi connectivity index (χ3n) is 3.00. The normalized spacial score (nSPS) is 10.1. The summed E-state index contributed by atoms with van der Waals surface area (Å²) in [6, 6.07) is 14.9. The van der Waals surface area contributed by atoms with E-state index < -0.39 is 0 Å².